The van der Waals surface area contributed by atoms with E-state index in [0.29, 0.717) is 6.04 Å². The average molecular weight is 317 g/mol. The standard InChI is InChI=1S/C18H24FN3O/c19-16-6-4-15(5-7-16)3-1-11-21-13-8-17(9-14-21)22-12-2-10-20-18(22)23/h1,3-7,17H,2,8-14H2,(H,20,23)/b3-1+. The maximum absolute atomic E-state index is 12.9. The number of benzene rings is 1. The lowest BCUT2D eigenvalue weighted by Gasteiger charge is -2.40. The van der Waals surface area contributed by atoms with Crippen LogP contribution in [0.4, 0.5) is 9.18 Å². The van der Waals surface area contributed by atoms with Crippen LogP contribution in [0.5, 0.6) is 0 Å². The second-order valence-corrected chi connectivity index (χ2v) is 6.26. The first-order valence-corrected chi connectivity index (χ1v) is 8.41. The number of carbonyl (C=O) groups is 1. The number of amides is 2. The van der Waals surface area contributed by atoms with Crippen molar-refractivity contribution in [1.82, 2.24) is 15.1 Å². The van der Waals surface area contributed by atoms with Crippen LogP contribution >= 0.6 is 0 Å². The van der Waals surface area contributed by atoms with Crippen molar-refractivity contribution in [1.29, 1.82) is 0 Å². The number of carbonyl (C=O) groups excluding carboxylic acids is 1. The number of hydrogen-bond donors (Lipinski definition) is 1. The van der Waals surface area contributed by atoms with Crippen molar-refractivity contribution in [3.05, 3.63) is 41.7 Å². The largest absolute Gasteiger partial charge is 0.338 e. The molecule has 0 atom stereocenters. The van der Waals surface area contributed by atoms with Crippen molar-refractivity contribution in [2.75, 3.05) is 32.7 Å². The first-order chi connectivity index (χ1) is 11.2. The Balaban J connectivity index is 1.44. The van der Waals surface area contributed by atoms with Gasteiger partial charge in [0.15, 0.2) is 0 Å². The normalized spacial score (nSPS) is 20.9. The highest BCUT2D eigenvalue weighted by molar-refractivity contribution is 5.75. The molecule has 0 saturated carbocycles. The topological polar surface area (TPSA) is 35.6 Å². The van der Waals surface area contributed by atoms with Crippen LogP contribution in [0.15, 0.2) is 30.3 Å². The Bertz CT molecular complexity index is 550. The van der Waals surface area contributed by atoms with E-state index in [0.717, 1.165) is 57.5 Å². The number of rotatable bonds is 4. The fourth-order valence-electron chi connectivity index (χ4n) is 3.32. The van der Waals surface area contributed by atoms with E-state index in [-0.39, 0.29) is 11.8 Å². The van der Waals surface area contributed by atoms with Gasteiger partial charge in [-0.2, -0.15) is 0 Å². The first-order valence-electron chi connectivity index (χ1n) is 8.41. The molecule has 2 amide bonds. The van der Waals surface area contributed by atoms with Gasteiger partial charge in [0.25, 0.3) is 0 Å². The summed E-state index contributed by atoms with van der Waals surface area (Å²) in [5, 5.41) is 2.93. The number of nitrogens with zero attached hydrogens (tertiary/aromatic N) is 2. The smallest absolute Gasteiger partial charge is 0.317 e. The van der Waals surface area contributed by atoms with Gasteiger partial charge in [-0.1, -0.05) is 24.3 Å². The Morgan fingerprint density at radius 2 is 1.91 bits per heavy atom. The third kappa shape index (κ3) is 4.32. The van der Waals surface area contributed by atoms with Crippen LogP contribution in [0.25, 0.3) is 6.08 Å². The SMILES string of the molecule is O=C1NCCCN1C1CCN(C/C=C/c2ccc(F)cc2)CC1. The van der Waals surface area contributed by atoms with E-state index in [1.165, 1.54) is 12.1 Å². The average Bonchev–Trinajstić information content (AvgIpc) is 2.58. The molecule has 5 heteroatoms. The van der Waals surface area contributed by atoms with Crippen LogP contribution in [0, 0.1) is 5.82 Å². The molecule has 2 heterocycles. The van der Waals surface area contributed by atoms with Gasteiger partial charge >= 0.3 is 6.03 Å². The van der Waals surface area contributed by atoms with Gasteiger partial charge < -0.3 is 10.2 Å². The molecule has 4 nitrogen and oxygen atoms in total. The molecule has 0 aromatic heterocycles. The Hall–Kier alpha value is -1.88. The quantitative estimate of drug-likeness (QED) is 0.927. The van der Waals surface area contributed by atoms with Crippen LogP contribution in [0.1, 0.15) is 24.8 Å². The highest BCUT2D eigenvalue weighted by atomic mass is 19.1. The summed E-state index contributed by atoms with van der Waals surface area (Å²) < 4.78 is 12.9. The Labute approximate surface area is 137 Å². The molecular weight excluding hydrogens is 293 g/mol. The molecule has 0 bridgehead atoms. The summed E-state index contributed by atoms with van der Waals surface area (Å²) in [6.07, 6.45) is 7.28. The van der Waals surface area contributed by atoms with E-state index in [9.17, 15) is 9.18 Å². The van der Waals surface area contributed by atoms with E-state index in [1.807, 2.05) is 11.0 Å². The third-order valence-corrected chi connectivity index (χ3v) is 4.65. The second kappa shape index (κ2) is 7.59. The lowest BCUT2D eigenvalue weighted by molar-refractivity contribution is 0.116. The minimum absolute atomic E-state index is 0.103. The Morgan fingerprint density at radius 1 is 1.17 bits per heavy atom. The summed E-state index contributed by atoms with van der Waals surface area (Å²) in [6, 6.07) is 7.02. The zero-order valence-electron chi connectivity index (χ0n) is 13.4. The molecule has 1 N–H and O–H groups in total. The van der Waals surface area contributed by atoms with Crippen molar-refractivity contribution < 1.29 is 9.18 Å². The van der Waals surface area contributed by atoms with E-state index in [4.69, 9.17) is 0 Å². The van der Waals surface area contributed by atoms with Crippen molar-refractivity contribution in [3.63, 3.8) is 0 Å². The predicted molar refractivity (Wildman–Crippen MR) is 89.6 cm³/mol. The van der Waals surface area contributed by atoms with Crippen molar-refractivity contribution in [2.45, 2.75) is 25.3 Å². The van der Waals surface area contributed by atoms with Crippen molar-refractivity contribution >= 4 is 12.1 Å². The monoisotopic (exact) mass is 317 g/mol. The summed E-state index contributed by atoms with van der Waals surface area (Å²) in [5.41, 5.74) is 1.02. The number of piperidine rings is 1. The maximum Gasteiger partial charge on any atom is 0.317 e. The summed E-state index contributed by atoms with van der Waals surface area (Å²) in [4.78, 5) is 16.3. The third-order valence-electron chi connectivity index (χ3n) is 4.65. The lowest BCUT2D eigenvalue weighted by atomic mass is 10.0. The van der Waals surface area contributed by atoms with Crippen LogP contribution in [0.3, 0.4) is 0 Å². The second-order valence-electron chi connectivity index (χ2n) is 6.26. The van der Waals surface area contributed by atoms with Gasteiger partial charge in [0.2, 0.25) is 0 Å². The van der Waals surface area contributed by atoms with E-state index in [1.54, 1.807) is 12.1 Å². The van der Waals surface area contributed by atoms with Gasteiger partial charge in [-0.25, -0.2) is 9.18 Å². The minimum Gasteiger partial charge on any atom is -0.338 e. The summed E-state index contributed by atoms with van der Waals surface area (Å²) in [6.45, 7) is 4.63. The van der Waals surface area contributed by atoms with Crippen molar-refractivity contribution in [2.24, 2.45) is 0 Å². The fourth-order valence-corrected chi connectivity index (χ4v) is 3.32. The summed E-state index contributed by atoms with van der Waals surface area (Å²) in [5.74, 6) is -0.203. The van der Waals surface area contributed by atoms with Gasteiger partial charge in [-0.15, -0.1) is 0 Å². The molecule has 0 radical (unpaired) electrons. The lowest BCUT2D eigenvalue weighted by Crippen LogP contribution is -2.54. The maximum atomic E-state index is 12.9. The van der Waals surface area contributed by atoms with Gasteiger partial charge in [-0.05, 0) is 37.0 Å². The van der Waals surface area contributed by atoms with Crippen molar-refractivity contribution in [3.8, 4) is 0 Å². The van der Waals surface area contributed by atoms with Gasteiger partial charge in [-0.3, -0.25) is 4.90 Å². The molecular formula is C18H24FN3O. The highest BCUT2D eigenvalue weighted by Crippen LogP contribution is 2.18. The summed E-state index contributed by atoms with van der Waals surface area (Å²) >= 11 is 0. The first kappa shape index (κ1) is 16.0. The molecule has 2 saturated heterocycles. The van der Waals surface area contributed by atoms with Crippen LogP contribution in [-0.2, 0) is 0 Å². The molecule has 2 aliphatic rings. The minimum atomic E-state index is -0.203. The molecule has 0 aliphatic carbocycles. The Morgan fingerprint density at radius 3 is 2.61 bits per heavy atom. The Kier molecular flexibility index (Phi) is 5.28. The fraction of sp³-hybridized carbons (Fsp3) is 0.500. The van der Waals surface area contributed by atoms with Crippen LogP contribution in [0.2, 0.25) is 0 Å². The highest BCUT2D eigenvalue weighted by Gasteiger charge is 2.28. The molecule has 1 aromatic rings. The van der Waals surface area contributed by atoms with E-state index >= 15 is 0 Å². The number of hydrogen-bond acceptors (Lipinski definition) is 2. The molecule has 1 aromatic carbocycles. The van der Waals surface area contributed by atoms with Gasteiger partial charge in [0.1, 0.15) is 5.82 Å². The molecule has 124 valence electrons. The number of likely N-dealkylation sites (tertiary alicyclic amines) is 1. The molecule has 2 aliphatic heterocycles. The molecule has 0 unspecified atom stereocenters. The van der Waals surface area contributed by atoms with E-state index < -0.39 is 0 Å². The van der Waals surface area contributed by atoms with E-state index in [2.05, 4.69) is 16.3 Å². The molecule has 2 fully saturated rings. The number of nitrogens with one attached hydrogen (secondary N) is 1. The molecule has 0 spiro atoms. The zero-order valence-corrected chi connectivity index (χ0v) is 13.4. The van der Waals surface area contributed by atoms with Gasteiger partial charge in [0.05, 0.1) is 0 Å². The predicted octanol–water partition coefficient (Wildman–Crippen LogP) is 2.72. The van der Waals surface area contributed by atoms with Crippen LogP contribution < -0.4 is 5.32 Å². The van der Waals surface area contributed by atoms with Gasteiger partial charge in [0, 0.05) is 38.8 Å². The van der Waals surface area contributed by atoms with Crippen LogP contribution in [-0.4, -0.2) is 54.6 Å². The summed E-state index contributed by atoms with van der Waals surface area (Å²) in [7, 11) is 0. The molecule has 23 heavy (non-hydrogen) atoms. The molecule has 3 rings (SSSR count). The number of halogens is 1. The zero-order chi connectivity index (χ0) is 16.1. The number of urea groups is 1.